The van der Waals surface area contributed by atoms with Crippen LogP contribution in [-0.4, -0.2) is 74.4 Å². The van der Waals surface area contributed by atoms with Gasteiger partial charge in [0.15, 0.2) is 9.84 Å². The van der Waals surface area contributed by atoms with Crippen LogP contribution in [0.25, 0.3) is 0 Å². The number of hydrogen-bond donors (Lipinski definition) is 0. The van der Waals surface area contributed by atoms with Gasteiger partial charge in [0.25, 0.3) is 0 Å². The molecule has 9 heteroatoms. The van der Waals surface area contributed by atoms with E-state index in [1.807, 2.05) is 4.90 Å². The Morgan fingerprint density at radius 1 is 1.05 bits per heavy atom. The van der Waals surface area contributed by atoms with Gasteiger partial charge in [-0.05, 0) is 60.7 Å². The molecule has 8 nitrogen and oxygen atoms in total. The molecular weight excluding hydrogens is 506 g/mol. The number of Topliss-reactive ketones (excluding diaryl/α,β-unsaturated/α-hetero) is 3. The minimum absolute atomic E-state index is 0.0564. The number of carbonyl (C=O) groups excluding carboxylic acids is 4. The van der Waals surface area contributed by atoms with Crippen molar-refractivity contribution in [1.82, 2.24) is 4.90 Å². The Hall–Kier alpha value is -1.61. The molecule has 4 saturated carbocycles. The maximum atomic E-state index is 13.6. The number of ether oxygens (including phenoxy) is 1. The van der Waals surface area contributed by atoms with Crippen molar-refractivity contribution in [2.45, 2.75) is 71.6 Å². The van der Waals surface area contributed by atoms with Crippen molar-refractivity contribution in [2.24, 2.45) is 46.8 Å². The number of ketones is 3. The maximum Gasteiger partial charge on any atom is 0.305 e. The van der Waals surface area contributed by atoms with E-state index in [4.69, 9.17) is 4.74 Å². The molecule has 0 bridgehead atoms. The summed E-state index contributed by atoms with van der Waals surface area (Å²) in [5.41, 5.74) is -0.0942. The molecule has 2 unspecified atom stereocenters. The van der Waals surface area contributed by atoms with Gasteiger partial charge in [0.1, 0.15) is 24.0 Å². The number of esters is 1. The Morgan fingerprint density at radius 2 is 1.76 bits per heavy atom. The van der Waals surface area contributed by atoms with Crippen LogP contribution >= 0.6 is 0 Å². The largest absolute Gasteiger partial charge is 0.464 e. The highest BCUT2D eigenvalue weighted by Gasteiger charge is 2.61. The molecule has 8 atom stereocenters. The standard InChI is InChI=1S/C29H43NO7S/c1-18(3-6-26(34)37-12-9-30-10-13-38(35,36)14-11-30)21-4-5-22-27(21)25(33)17-23-28(22)24(32)16-19-15-20(31)7-8-29(19,23)2/h18-19,21-23,27-28H,3-17H2,1-2H3/t18?,19-,21+,22+,23-,27?,28-,29-/m0/s1. The molecule has 5 aliphatic rings. The molecule has 0 N–H and O–H groups in total. The van der Waals surface area contributed by atoms with Gasteiger partial charge in [-0.1, -0.05) is 13.8 Å². The molecule has 0 spiro atoms. The summed E-state index contributed by atoms with van der Waals surface area (Å²) in [6.45, 7) is 6.13. The zero-order valence-electron chi connectivity index (χ0n) is 22.9. The van der Waals surface area contributed by atoms with Gasteiger partial charge in [-0.2, -0.15) is 0 Å². The summed E-state index contributed by atoms with van der Waals surface area (Å²) >= 11 is 0. The summed E-state index contributed by atoms with van der Waals surface area (Å²) in [6.07, 6.45) is 5.59. The van der Waals surface area contributed by atoms with Crippen LogP contribution in [0.1, 0.15) is 71.6 Å². The molecule has 1 saturated heterocycles. The number of sulfone groups is 1. The molecule has 4 aliphatic carbocycles. The summed E-state index contributed by atoms with van der Waals surface area (Å²) in [5, 5.41) is 0. The third-order valence-corrected chi connectivity index (χ3v) is 12.7. The first-order chi connectivity index (χ1) is 18.0. The molecular formula is C29H43NO7S. The first-order valence-corrected chi connectivity index (χ1v) is 16.5. The number of carbonyl (C=O) groups is 4. The Morgan fingerprint density at radius 3 is 2.50 bits per heavy atom. The topological polar surface area (TPSA) is 115 Å². The SMILES string of the molecule is CC(CCC(=O)OCCN1CCS(=O)(=O)CC1)[C@H]1CC[C@@H]2C1C(=O)C[C@H]1[C@H]2C(=O)C[C@@H]2CC(=O)CC[C@@]21C. The fourth-order valence-electron chi connectivity index (χ4n) is 8.75. The van der Waals surface area contributed by atoms with E-state index in [1.54, 1.807) is 0 Å². The number of hydrogen-bond acceptors (Lipinski definition) is 8. The van der Waals surface area contributed by atoms with Crippen molar-refractivity contribution in [2.75, 3.05) is 37.7 Å². The molecule has 1 heterocycles. The highest BCUT2D eigenvalue weighted by molar-refractivity contribution is 7.91. The molecule has 212 valence electrons. The van der Waals surface area contributed by atoms with Crippen molar-refractivity contribution in [3.05, 3.63) is 0 Å². The molecule has 0 radical (unpaired) electrons. The molecule has 1 aliphatic heterocycles. The predicted octanol–water partition coefficient (Wildman–Crippen LogP) is 2.87. The van der Waals surface area contributed by atoms with Crippen LogP contribution in [0, 0.1) is 46.8 Å². The van der Waals surface area contributed by atoms with E-state index < -0.39 is 9.84 Å². The van der Waals surface area contributed by atoms with E-state index in [2.05, 4.69) is 13.8 Å². The second-order valence-corrected chi connectivity index (χ2v) is 15.4. The lowest BCUT2D eigenvalue weighted by Crippen LogP contribution is -2.57. The van der Waals surface area contributed by atoms with Gasteiger partial charge >= 0.3 is 5.97 Å². The van der Waals surface area contributed by atoms with Gasteiger partial charge in [-0.3, -0.25) is 24.1 Å². The van der Waals surface area contributed by atoms with Gasteiger partial charge in [0, 0.05) is 63.6 Å². The first kappa shape index (κ1) is 27.9. The maximum absolute atomic E-state index is 13.6. The zero-order chi connectivity index (χ0) is 27.2. The highest BCUT2D eigenvalue weighted by atomic mass is 32.2. The second-order valence-electron chi connectivity index (χ2n) is 13.1. The van der Waals surface area contributed by atoms with Crippen LogP contribution in [0.5, 0.6) is 0 Å². The van der Waals surface area contributed by atoms with Gasteiger partial charge in [0.2, 0.25) is 0 Å². The van der Waals surface area contributed by atoms with Crippen molar-refractivity contribution < 1.29 is 32.3 Å². The van der Waals surface area contributed by atoms with Crippen LogP contribution in [0.15, 0.2) is 0 Å². The van der Waals surface area contributed by atoms with E-state index in [-0.39, 0.29) is 82.5 Å². The molecule has 0 aromatic carbocycles. The van der Waals surface area contributed by atoms with Crippen molar-refractivity contribution in [3.63, 3.8) is 0 Å². The second kappa shape index (κ2) is 10.8. The Balaban J connectivity index is 1.13. The minimum Gasteiger partial charge on any atom is -0.464 e. The van der Waals surface area contributed by atoms with Crippen LogP contribution in [0.3, 0.4) is 0 Å². The van der Waals surface area contributed by atoms with Gasteiger partial charge in [-0.15, -0.1) is 0 Å². The van der Waals surface area contributed by atoms with E-state index in [0.29, 0.717) is 63.9 Å². The Labute approximate surface area is 226 Å². The van der Waals surface area contributed by atoms with Crippen molar-refractivity contribution in [1.29, 1.82) is 0 Å². The van der Waals surface area contributed by atoms with Crippen LogP contribution in [0.2, 0.25) is 0 Å². The average Bonchev–Trinajstić information content (AvgIpc) is 3.31. The molecule has 5 fully saturated rings. The normalized spacial score (nSPS) is 39.7. The lowest BCUT2D eigenvalue weighted by Gasteiger charge is -2.56. The summed E-state index contributed by atoms with van der Waals surface area (Å²) in [7, 11) is -2.92. The first-order valence-electron chi connectivity index (χ1n) is 14.6. The summed E-state index contributed by atoms with van der Waals surface area (Å²) < 4.78 is 28.5. The lowest BCUT2D eigenvalue weighted by molar-refractivity contribution is -0.158. The third-order valence-electron chi connectivity index (χ3n) is 11.1. The zero-order valence-corrected chi connectivity index (χ0v) is 23.7. The number of rotatable bonds is 7. The Bertz CT molecular complexity index is 1070. The smallest absolute Gasteiger partial charge is 0.305 e. The van der Waals surface area contributed by atoms with Gasteiger partial charge < -0.3 is 4.74 Å². The fraction of sp³-hybridized carbons (Fsp3) is 0.862. The minimum atomic E-state index is -2.92. The van der Waals surface area contributed by atoms with Gasteiger partial charge in [-0.25, -0.2) is 8.42 Å². The fourth-order valence-corrected chi connectivity index (χ4v) is 10.0. The van der Waals surface area contributed by atoms with E-state index in [0.717, 1.165) is 19.3 Å². The van der Waals surface area contributed by atoms with Crippen molar-refractivity contribution >= 4 is 33.2 Å². The summed E-state index contributed by atoms with van der Waals surface area (Å²) in [4.78, 5) is 53.5. The number of fused-ring (bicyclic) bond motifs is 5. The molecule has 0 aromatic rings. The monoisotopic (exact) mass is 549 g/mol. The van der Waals surface area contributed by atoms with E-state index in [1.165, 1.54) is 0 Å². The van der Waals surface area contributed by atoms with Gasteiger partial charge in [0.05, 0.1) is 11.5 Å². The molecule has 0 amide bonds. The van der Waals surface area contributed by atoms with Crippen LogP contribution in [-0.2, 0) is 33.8 Å². The summed E-state index contributed by atoms with van der Waals surface area (Å²) in [6, 6.07) is 0. The molecule has 38 heavy (non-hydrogen) atoms. The number of nitrogens with zero attached hydrogens (tertiary/aromatic N) is 1. The predicted molar refractivity (Wildman–Crippen MR) is 141 cm³/mol. The van der Waals surface area contributed by atoms with Crippen LogP contribution < -0.4 is 0 Å². The van der Waals surface area contributed by atoms with Crippen LogP contribution in [0.4, 0.5) is 0 Å². The molecule has 5 rings (SSSR count). The third kappa shape index (κ3) is 5.38. The Kier molecular flexibility index (Phi) is 7.91. The highest BCUT2D eigenvalue weighted by Crippen LogP contribution is 2.62. The quantitative estimate of drug-likeness (QED) is 0.445. The van der Waals surface area contributed by atoms with E-state index in [9.17, 15) is 27.6 Å². The molecule has 0 aromatic heterocycles. The average molecular weight is 550 g/mol. The van der Waals surface area contributed by atoms with Crippen molar-refractivity contribution in [3.8, 4) is 0 Å². The van der Waals surface area contributed by atoms with E-state index >= 15 is 0 Å². The summed E-state index contributed by atoms with van der Waals surface area (Å²) in [5.74, 6) is 1.41. The lowest BCUT2D eigenvalue weighted by atomic mass is 9.46.